The van der Waals surface area contributed by atoms with Gasteiger partial charge in [0.1, 0.15) is 53.1 Å². The van der Waals surface area contributed by atoms with Crippen molar-refractivity contribution in [1.29, 1.82) is 21.0 Å². The van der Waals surface area contributed by atoms with Gasteiger partial charge >= 0.3 is 35.5 Å². The number of aliphatic hydroxyl groups excluding tert-OH is 1. The molecule has 4 rings (SSSR count). The van der Waals surface area contributed by atoms with Gasteiger partial charge in [-0.1, -0.05) is 6.07 Å². The van der Waals surface area contributed by atoms with Gasteiger partial charge in [-0.3, -0.25) is 4.79 Å². The van der Waals surface area contributed by atoms with Gasteiger partial charge in [0.2, 0.25) is 0 Å². The molecule has 0 aliphatic heterocycles. The van der Waals surface area contributed by atoms with Crippen molar-refractivity contribution in [3.63, 3.8) is 0 Å². The number of nitrogens with zero attached hydrogens (tertiary/aromatic N) is 4. The topological polar surface area (TPSA) is 200 Å². The number of carboxylic acids is 1. The van der Waals surface area contributed by atoms with Crippen molar-refractivity contribution in [3.8, 4) is 24.3 Å². The van der Waals surface area contributed by atoms with Gasteiger partial charge in [0, 0.05) is 11.1 Å². The zero-order valence-electron chi connectivity index (χ0n) is 27.3. The van der Waals surface area contributed by atoms with Crippen molar-refractivity contribution in [2.45, 2.75) is 6.92 Å². The molecule has 9 nitrogen and oxygen atoms in total. The quantitative estimate of drug-likeness (QED) is 0.0663. The molecule has 54 heavy (non-hydrogen) atoms. The number of aromatic carboxylic acids is 1. The molecule has 4 aromatic rings. The second kappa shape index (κ2) is 26.0. The first-order valence-corrected chi connectivity index (χ1v) is 17.0. The maximum absolute atomic E-state index is 13.2. The Morgan fingerprint density at radius 3 is 1.20 bits per heavy atom. The molecule has 0 unspecified atom stereocenters. The molecule has 0 bridgehead atoms. The van der Waals surface area contributed by atoms with Crippen LogP contribution in [-0.2, 0) is 0 Å². The van der Waals surface area contributed by atoms with Gasteiger partial charge in [-0.25, -0.2) is 22.4 Å². The Labute approximate surface area is 366 Å². The van der Waals surface area contributed by atoms with E-state index in [1.165, 1.54) is 54.6 Å². The smallest absolute Gasteiger partial charge is 0.870 e. The average molecular weight is 1030 g/mol. The Balaban J connectivity index is 0. The summed E-state index contributed by atoms with van der Waals surface area (Å²) in [5.41, 5.74) is 0.764. The molecule has 3 N–H and O–H groups in total. The van der Waals surface area contributed by atoms with Crippen LogP contribution >= 0.6 is 75.3 Å². The van der Waals surface area contributed by atoms with Gasteiger partial charge in [-0.2, -0.15) is 21.0 Å². The van der Waals surface area contributed by atoms with Crippen LogP contribution in [0.2, 0.25) is 0 Å². The molecule has 0 fully saturated rings. The predicted octanol–water partition coefficient (Wildman–Crippen LogP) is 8.39. The van der Waals surface area contributed by atoms with Gasteiger partial charge in [-0.15, -0.1) is 0 Å². The van der Waals surface area contributed by atoms with Crippen molar-refractivity contribution < 1.29 is 72.4 Å². The Morgan fingerprint density at radius 2 is 0.870 bits per heavy atom. The normalized spacial score (nSPS) is 8.85. The number of halogens is 9. The molecule has 0 aliphatic carbocycles. The summed E-state index contributed by atoms with van der Waals surface area (Å²) in [6.45, 7) is 1.62. The van der Waals surface area contributed by atoms with Gasteiger partial charge in [0.05, 0.1) is 23.5 Å². The minimum absolute atomic E-state index is 0. The number of carbonyl (C=O) groups is 2. The van der Waals surface area contributed by atoms with Gasteiger partial charge in [0.15, 0.2) is 11.3 Å². The first-order valence-electron chi connectivity index (χ1n) is 13.4. The van der Waals surface area contributed by atoms with Crippen molar-refractivity contribution in [2.24, 2.45) is 0 Å². The van der Waals surface area contributed by atoms with Crippen LogP contribution in [0.4, 0.5) is 17.6 Å². The molecular weight excluding hydrogens is 1010 g/mol. The maximum Gasteiger partial charge on any atom is 1.00 e. The van der Waals surface area contributed by atoms with Gasteiger partial charge in [0.25, 0.3) is 5.24 Å². The summed E-state index contributed by atoms with van der Waals surface area (Å²) in [5, 5.41) is 51.5. The van der Waals surface area contributed by atoms with Crippen LogP contribution in [0.25, 0.3) is 11.3 Å². The van der Waals surface area contributed by atoms with Crippen molar-refractivity contribution in [3.05, 3.63) is 147 Å². The minimum atomic E-state index is -1.13. The zero-order valence-corrected chi connectivity index (χ0v) is 36.4. The first-order chi connectivity index (χ1) is 24.4. The zero-order chi connectivity index (χ0) is 39.7. The molecule has 0 spiro atoms. The summed E-state index contributed by atoms with van der Waals surface area (Å²) in [5.74, 6) is -3.69. The van der Waals surface area contributed by atoms with Crippen LogP contribution in [0.1, 0.15) is 38.8 Å². The van der Waals surface area contributed by atoms with E-state index in [0.29, 0.717) is 20.1 Å². The van der Waals surface area contributed by atoms with E-state index in [0.717, 1.165) is 18.2 Å². The number of aliphatic hydroxyl groups is 1. The summed E-state index contributed by atoms with van der Waals surface area (Å²) in [4.78, 5) is 20.8. The average Bonchev–Trinajstić information content (AvgIpc) is 3.11. The molecule has 0 saturated heterocycles. The minimum Gasteiger partial charge on any atom is -0.870 e. The van der Waals surface area contributed by atoms with E-state index in [-0.39, 0.29) is 66.2 Å². The van der Waals surface area contributed by atoms with E-state index in [1.54, 1.807) is 31.2 Å². The number of nitriles is 4. The Bertz CT molecular complexity index is 2060. The third-order valence-electron chi connectivity index (χ3n) is 5.92. The standard InChI is InChI=1S/C11H6BrFN2.C10H4BrFN2O.C7H3BrClFO.C7H4BrFO2.Na.H2O/c1-7(9(5-14)6-15)8-2-3-10(12)11(13)4-8;11-8-2-1-6(3-9(8)12)10(15)7(4-13)5-14;8-5-2-1-4(7(9)11)3-6(5)10;8-5-2-1-4(7(10)11)3-6(5)9;;/h2-4H,1H3;1-3,15H;1-3H;1-3H,(H,10,11);;1H2/q;;;;+1;/p-1. The van der Waals surface area contributed by atoms with E-state index in [4.69, 9.17) is 37.8 Å². The van der Waals surface area contributed by atoms with E-state index < -0.39 is 45.8 Å². The predicted molar refractivity (Wildman–Crippen MR) is 200 cm³/mol. The van der Waals surface area contributed by atoms with Crippen LogP contribution in [0, 0.1) is 68.6 Å². The fourth-order valence-electron chi connectivity index (χ4n) is 3.23. The first kappa shape index (κ1) is 52.3. The fourth-order valence-corrected chi connectivity index (χ4v) is 4.34. The summed E-state index contributed by atoms with van der Waals surface area (Å²) in [6, 6.07) is 22.5. The number of rotatable bonds is 4. The van der Waals surface area contributed by atoms with Crippen LogP contribution in [0.5, 0.6) is 0 Å². The van der Waals surface area contributed by atoms with Crippen LogP contribution < -0.4 is 29.6 Å². The molecule has 4 aromatic carbocycles. The number of carbonyl (C=O) groups excluding carboxylic acids is 1. The molecule has 19 heteroatoms. The summed E-state index contributed by atoms with van der Waals surface area (Å²) < 4.78 is 52.7. The SMILES string of the molecule is CC(=C(C#N)C#N)c1ccc(Br)c(F)c1.N#CC(C#N)=C(O)c1ccc(Br)c(F)c1.O=C(Cl)c1ccc(Br)c(F)c1.O=C(O)c1ccc(Br)c(F)c1.[Na+].[OH-]. The summed E-state index contributed by atoms with van der Waals surface area (Å²) >= 11 is 16.9. The molecular formula is C35H18Br4ClF4N4NaO5. The third-order valence-corrected chi connectivity index (χ3v) is 8.71. The van der Waals surface area contributed by atoms with E-state index >= 15 is 0 Å². The van der Waals surface area contributed by atoms with Gasteiger partial charge in [-0.05, 0) is 160 Å². The van der Waals surface area contributed by atoms with Crippen LogP contribution in [0.3, 0.4) is 0 Å². The van der Waals surface area contributed by atoms with E-state index in [9.17, 15) is 32.3 Å². The molecule has 0 amide bonds. The Hall–Kier alpha value is -3.85. The molecule has 0 atom stereocenters. The summed E-state index contributed by atoms with van der Waals surface area (Å²) in [6.07, 6.45) is 0. The van der Waals surface area contributed by atoms with Crippen LogP contribution in [-0.4, -0.2) is 26.9 Å². The Morgan fingerprint density at radius 1 is 0.574 bits per heavy atom. The van der Waals surface area contributed by atoms with E-state index in [2.05, 4.69) is 63.7 Å². The third kappa shape index (κ3) is 16.7. The summed E-state index contributed by atoms with van der Waals surface area (Å²) in [7, 11) is 0. The number of allylic oxidation sites excluding steroid dienone is 3. The molecule has 0 aliphatic rings. The number of carboxylic acid groups (broad SMARTS) is 1. The molecule has 0 heterocycles. The largest absolute Gasteiger partial charge is 1.00 e. The number of benzene rings is 4. The molecule has 0 radical (unpaired) electrons. The monoisotopic (exact) mass is 1020 g/mol. The molecule has 272 valence electrons. The van der Waals surface area contributed by atoms with Crippen molar-refractivity contribution in [2.75, 3.05) is 0 Å². The molecule has 0 aromatic heterocycles. The van der Waals surface area contributed by atoms with Crippen molar-refractivity contribution >= 4 is 97.9 Å². The van der Waals surface area contributed by atoms with E-state index in [1.807, 2.05) is 0 Å². The fraction of sp³-hybridized carbons (Fsp3) is 0.0286. The number of hydrogen-bond donors (Lipinski definition) is 2. The van der Waals surface area contributed by atoms with Crippen LogP contribution in [0.15, 0.2) is 102 Å². The maximum atomic E-state index is 13.2. The number of hydrogen-bond acceptors (Lipinski definition) is 8. The second-order valence-corrected chi connectivity index (χ2v) is 13.0. The molecule has 0 saturated carbocycles. The van der Waals surface area contributed by atoms with Crippen molar-refractivity contribution in [1.82, 2.24) is 0 Å². The second-order valence-electron chi connectivity index (χ2n) is 9.27. The van der Waals surface area contributed by atoms with Gasteiger partial charge < -0.3 is 15.7 Å². The Kier molecular flexibility index (Phi) is 25.2.